The number of carboxylic acids is 1. The molecule has 0 atom stereocenters. The largest absolute Gasteiger partial charge is 0.490 e. The van der Waals surface area contributed by atoms with Gasteiger partial charge in [0.2, 0.25) is 0 Å². The first-order chi connectivity index (χ1) is 12.5. The molecule has 1 amide bonds. The lowest BCUT2D eigenvalue weighted by atomic mass is 10.1. The molecule has 26 heavy (non-hydrogen) atoms. The van der Waals surface area contributed by atoms with Gasteiger partial charge in [-0.3, -0.25) is 4.79 Å². The lowest BCUT2D eigenvalue weighted by Gasteiger charge is -2.13. The first-order valence-corrected chi connectivity index (χ1v) is 8.51. The number of aryl methyl sites for hydroxylation is 1. The molecule has 0 aromatic heterocycles. The van der Waals surface area contributed by atoms with Crippen LogP contribution >= 0.6 is 0 Å². The lowest BCUT2D eigenvalue weighted by Crippen LogP contribution is -2.23. The maximum atomic E-state index is 12.4. The Kier molecular flexibility index (Phi) is 7.02. The van der Waals surface area contributed by atoms with Crippen molar-refractivity contribution in [2.24, 2.45) is 0 Å². The average molecular weight is 357 g/mol. The Balaban J connectivity index is 2.10. The molecule has 2 aromatic rings. The normalized spacial score (nSPS) is 10.2. The lowest BCUT2D eigenvalue weighted by molar-refractivity contribution is -0.139. The van der Waals surface area contributed by atoms with Gasteiger partial charge in [0.25, 0.3) is 5.91 Å². The van der Waals surface area contributed by atoms with E-state index in [2.05, 4.69) is 12.2 Å². The van der Waals surface area contributed by atoms with E-state index < -0.39 is 12.6 Å². The second kappa shape index (κ2) is 9.46. The van der Waals surface area contributed by atoms with E-state index in [4.69, 9.17) is 14.6 Å². The summed E-state index contributed by atoms with van der Waals surface area (Å²) in [5, 5.41) is 11.6. The summed E-state index contributed by atoms with van der Waals surface area (Å²) < 4.78 is 10.7. The Bertz CT molecular complexity index is 773. The minimum Gasteiger partial charge on any atom is -0.490 e. The fourth-order valence-corrected chi connectivity index (χ4v) is 2.53. The molecule has 6 heteroatoms. The standard InChI is InChI=1S/C20H23NO5/c1-3-14-7-5-6-8-16(14)12-21-20(24)15-9-10-17(26-13-19(22)23)18(11-15)25-4-2/h5-11H,3-4,12-13H2,1-2H3,(H,21,24)(H,22,23). The number of rotatable bonds is 9. The highest BCUT2D eigenvalue weighted by atomic mass is 16.5. The van der Waals surface area contributed by atoms with Gasteiger partial charge in [-0.1, -0.05) is 31.2 Å². The molecular weight excluding hydrogens is 334 g/mol. The van der Waals surface area contributed by atoms with E-state index in [0.717, 1.165) is 12.0 Å². The first-order valence-electron chi connectivity index (χ1n) is 8.51. The highest BCUT2D eigenvalue weighted by Gasteiger charge is 2.13. The highest BCUT2D eigenvalue weighted by molar-refractivity contribution is 5.94. The number of nitrogens with one attached hydrogen (secondary N) is 1. The maximum absolute atomic E-state index is 12.4. The third kappa shape index (κ3) is 5.24. The summed E-state index contributed by atoms with van der Waals surface area (Å²) in [7, 11) is 0. The van der Waals surface area contributed by atoms with E-state index in [1.165, 1.54) is 5.56 Å². The Labute approximate surface area is 152 Å². The summed E-state index contributed by atoms with van der Waals surface area (Å²) in [6, 6.07) is 12.7. The van der Waals surface area contributed by atoms with Gasteiger partial charge in [0.15, 0.2) is 18.1 Å². The van der Waals surface area contributed by atoms with Gasteiger partial charge in [0.05, 0.1) is 6.61 Å². The van der Waals surface area contributed by atoms with Crippen LogP contribution in [0.25, 0.3) is 0 Å². The molecule has 0 saturated carbocycles. The van der Waals surface area contributed by atoms with Crippen LogP contribution < -0.4 is 14.8 Å². The van der Waals surface area contributed by atoms with E-state index in [1.807, 2.05) is 24.3 Å². The van der Waals surface area contributed by atoms with E-state index in [-0.39, 0.29) is 5.91 Å². The van der Waals surface area contributed by atoms with Crippen LogP contribution in [0.2, 0.25) is 0 Å². The number of hydrogen-bond acceptors (Lipinski definition) is 4. The Morgan fingerprint density at radius 1 is 1.00 bits per heavy atom. The van der Waals surface area contributed by atoms with Crippen LogP contribution in [0, 0.1) is 0 Å². The molecule has 0 aliphatic heterocycles. The summed E-state index contributed by atoms with van der Waals surface area (Å²) in [6.45, 7) is 4.21. The van der Waals surface area contributed by atoms with Gasteiger partial charge in [-0.2, -0.15) is 0 Å². The molecule has 0 bridgehead atoms. The van der Waals surface area contributed by atoms with Crippen LogP contribution in [0.1, 0.15) is 35.3 Å². The molecule has 0 spiro atoms. The van der Waals surface area contributed by atoms with Crippen molar-refractivity contribution >= 4 is 11.9 Å². The molecule has 0 radical (unpaired) electrons. The van der Waals surface area contributed by atoms with Crippen molar-refractivity contribution in [2.75, 3.05) is 13.2 Å². The van der Waals surface area contributed by atoms with Gasteiger partial charge in [-0.05, 0) is 42.7 Å². The van der Waals surface area contributed by atoms with Crippen LogP contribution in [-0.4, -0.2) is 30.2 Å². The Morgan fingerprint density at radius 2 is 1.73 bits per heavy atom. The third-order valence-electron chi connectivity index (χ3n) is 3.80. The molecule has 0 saturated heterocycles. The zero-order chi connectivity index (χ0) is 18.9. The summed E-state index contributed by atoms with van der Waals surface area (Å²) in [6.07, 6.45) is 0.899. The smallest absolute Gasteiger partial charge is 0.341 e. The van der Waals surface area contributed by atoms with Crippen molar-refractivity contribution in [3.8, 4) is 11.5 Å². The van der Waals surface area contributed by atoms with Crippen LogP contribution in [0.4, 0.5) is 0 Å². The molecule has 0 aliphatic rings. The van der Waals surface area contributed by atoms with Crippen molar-refractivity contribution in [3.63, 3.8) is 0 Å². The molecule has 2 aromatic carbocycles. The second-order valence-electron chi connectivity index (χ2n) is 5.58. The molecule has 2 rings (SSSR count). The van der Waals surface area contributed by atoms with Gasteiger partial charge in [-0.25, -0.2) is 4.79 Å². The van der Waals surface area contributed by atoms with Gasteiger partial charge in [-0.15, -0.1) is 0 Å². The summed E-state index contributed by atoms with van der Waals surface area (Å²) in [4.78, 5) is 23.1. The van der Waals surface area contributed by atoms with E-state index in [9.17, 15) is 9.59 Å². The monoisotopic (exact) mass is 357 g/mol. The number of hydrogen-bond donors (Lipinski definition) is 2. The molecule has 0 unspecified atom stereocenters. The number of benzene rings is 2. The van der Waals surface area contributed by atoms with Crippen LogP contribution in [-0.2, 0) is 17.8 Å². The van der Waals surface area contributed by atoms with E-state index in [0.29, 0.717) is 30.2 Å². The summed E-state index contributed by atoms with van der Waals surface area (Å²) in [5.41, 5.74) is 2.69. The molecule has 138 valence electrons. The zero-order valence-corrected chi connectivity index (χ0v) is 15.0. The minimum absolute atomic E-state index is 0.235. The first kappa shape index (κ1) is 19.3. The third-order valence-corrected chi connectivity index (χ3v) is 3.80. The summed E-state index contributed by atoms with van der Waals surface area (Å²) >= 11 is 0. The molecule has 0 fully saturated rings. The van der Waals surface area contributed by atoms with Gasteiger partial charge in [0, 0.05) is 12.1 Å². The van der Waals surface area contributed by atoms with Gasteiger partial charge in [0.1, 0.15) is 0 Å². The topological polar surface area (TPSA) is 84.9 Å². The van der Waals surface area contributed by atoms with E-state index in [1.54, 1.807) is 25.1 Å². The molecule has 0 aliphatic carbocycles. The second-order valence-corrected chi connectivity index (χ2v) is 5.58. The zero-order valence-electron chi connectivity index (χ0n) is 15.0. The average Bonchev–Trinajstić information content (AvgIpc) is 2.65. The number of aliphatic carboxylic acids is 1. The summed E-state index contributed by atoms with van der Waals surface area (Å²) in [5.74, 6) is -0.678. The number of carbonyl (C=O) groups is 2. The molecule has 0 heterocycles. The Morgan fingerprint density at radius 3 is 2.38 bits per heavy atom. The fraction of sp³-hybridized carbons (Fsp3) is 0.300. The van der Waals surface area contributed by atoms with E-state index >= 15 is 0 Å². The number of carboxylic acid groups (broad SMARTS) is 1. The van der Waals surface area contributed by atoms with Crippen LogP contribution in [0.3, 0.4) is 0 Å². The SMILES string of the molecule is CCOc1cc(C(=O)NCc2ccccc2CC)ccc1OCC(=O)O. The van der Waals surface area contributed by atoms with Crippen molar-refractivity contribution in [2.45, 2.75) is 26.8 Å². The number of ether oxygens (including phenoxy) is 2. The van der Waals surface area contributed by atoms with Gasteiger partial charge >= 0.3 is 5.97 Å². The predicted molar refractivity (Wildman–Crippen MR) is 97.7 cm³/mol. The number of amides is 1. The van der Waals surface area contributed by atoms with Crippen LogP contribution in [0.15, 0.2) is 42.5 Å². The van der Waals surface area contributed by atoms with Crippen molar-refractivity contribution in [3.05, 3.63) is 59.2 Å². The molecular formula is C20H23NO5. The maximum Gasteiger partial charge on any atom is 0.341 e. The van der Waals surface area contributed by atoms with Crippen molar-refractivity contribution in [1.82, 2.24) is 5.32 Å². The number of carbonyl (C=O) groups excluding carboxylic acids is 1. The van der Waals surface area contributed by atoms with Gasteiger partial charge < -0.3 is 19.9 Å². The predicted octanol–water partition coefficient (Wildman–Crippen LogP) is 3.04. The Hall–Kier alpha value is -3.02. The van der Waals surface area contributed by atoms with Crippen molar-refractivity contribution in [1.29, 1.82) is 0 Å². The quantitative estimate of drug-likeness (QED) is 0.720. The fourth-order valence-electron chi connectivity index (χ4n) is 2.53. The molecule has 2 N–H and O–H groups in total. The van der Waals surface area contributed by atoms with Crippen molar-refractivity contribution < 1.29 is 24.2 Å². The highest BCUT2D eigenvalue weighted by Crippen LogP contribution is 2.28. The minimum atomic E-state index is -1.08. The molecule has 6 nitrogen and oxygen atoms in total. The van der Waals surface area contributed by atoms with Crippen LogP contribution in [0.5, 0.6) is 11.5 Å².